The fourth-order valence-electron chi connectivity index (χ4n) is 1.36. The molecule has 1 heterocycles. The van der Waals surface area contributed by atoms with E-state index in [-0.39, 0.29) is 18.5 Å². The minimum absolute atomic E-state index is 0.0962. The van der Waals surface area contributed by atoms with Crippen LogP contribution >= 0.6 is 0 Å². The number of carbonyl (C=O) groups is 3. The molecule has 1 fully saturated rings. The van der Waals surface area contributed by atoms with Crippen molar-refractivity contribution in [1.82, 2.24) is 16.0 Å². The Kier molecular flexibility index (Phi) is 4.04. The number of hydrogen-bond donors (Lipinski definition) is 4. The zero-order chi connectivity index (χ0) is 11.3. The van der Waals surface area contributed by atoms with Crippen LogP contribution < -0.4 is 21.7 Å². The number of rotatable bonds is 3. The lowest BCUT2D eigenvalue weighted by molar-refractivity contribution is -0.125. The first kappa shape index (κ1) is 11.4. The van der Waals surface area contributed by atoms with Crippen molar-refractivity contribution >= 4 is 17.8 Å². The van der Waals surface area contributed by atoms with Crippen LogP contribution in [0.4, 0.5) is 4.79 Å². The molecule has 1 aliphatic heterocycles. The SMILES string of the molecule is NC(=O)NC(=O)CNC1CCCNC1=O. The first-order chi connectivity index (χ1) is 7.09. The highest BCUT2D eigenvalue weighted by molar-refractivity contribution is 5.94. The Labute approximate surface area is 86.8 Å². The summed E-state index contributed by atoms with van der Waals surface area (Å²) in [6.45, 7) is 0.575. The van der Waals surface area contributed by atoms with Gasteiger partial charge in [-0.1, -0.05) is 0 Å². The molecule has 0 saturated carbocycles. The number of amides is 4. The van der Waals surface area contributed by atoms with E-state index in [2.05, 4.69) is 10.6 Å². The summed E-state index contributed by atoms with van der Waals surface area (Å²) in [5.74, 6) is -0.658. The van der Waals surface area contributed by atoms with E-state index in [0.717, 1.165) is 6.42 Å². The van der Waals surface area contributed by atoms with Gasteiger partial charge < -0.3 is 11.1 Å². The molecule has 84 valence electrons. The molecule has 5 N–H and O–H groups in total. The Morgan fingerprint density at radius 2 is 2.27 bits per heavy atom. The number of imide groups is 1. The van der Waals surface area contributed by atoms with Gasteiger partial charge in [-0.15, -0.1) is 0 Å². The molecule has 0 aromatic heterocycles. The summed E-state index contributed by atoms with van der Waals surface area (Å²) in [6, 6.07) is -1.26. The van der Waals surface area contributed by atoms with Crippen LogP contribution in [0.1, 0.15) is 12.8 Å². The summed E-state index contributed by atoms with van der Waals surface area (Å²) in [7, 11) is 0. The third-order valence-corrected chi connectivity index (χ3v) is 2.06. The fraction of sp³-hybridized carbons (Fsp3) is 0.625. The smallest absolute Gasteiger partial charge is 0.318 e. The average molecular weight is 214 g/mol. The number of carbonyl (C=O) groups excluding carboxylic acids is 3. The molecule has 0 bridgehead atoms. The van der Waals surface area contributed by atoms with E-state index in [0.29, 0.717) is 13.0 Å². The van der Waals surface area contributed by atoms with E-state index in [4.69, 9.17) is 5.73 Å². The molecule has 1 atom stereocenters. The summed E-state index contributed by atoms with van der Waals surface area (Å²) < 4.78 is 0. The topological polar surface area (TPSA) is 113 Å². The maximum absolute atomic E-state index is 11.2. The lowest BCUT2D eigenvalue weighted by Crippen LogP contribution is -2.51. The maximum Gasteiger partial charge on any atom is 0.318 e. The lowest BCUT2D eigenvalue weighted by Gasteiger charge is -2.22. The summed E-state index contributed by atoms with van der Waals surface area (Å²) >= 11 is 0. The van der Waals surface area contributed by atoms with Crippen LogP contribution in [0, 0.1) is 0 Å². The van der Waals surface area contributed by atoms with Crippen molar-refractivity contribution in [2.24, 2.45) is 5.73 Å². The Balaban J connectivity index is 2.26. The second-order valence-electron chi connectivity index (χ2n) is 3.28. The summed E-state index contributed by atoms with van der Waals surface area (Å²) in [5.41, 5.74) is 4.75. The predicted octanol–water partition coefficient (Wildman–Crippen LogP) is -1.95. The van der Waals surface area contributed by atoms with Crippen molar-refractivity contribution in [3.05, 3.63) is 0 Å². The average Bonchev–Trinajstić information content (AvgIpc) is 2.15. The Bertz CT molecular complexity index is 279. The molecule has 4 amide bonds. The summed E-state index contributed by atoms with van der Waals surface area (Å²) in [4.78, 5) is 32.5. The van der Waals surface area contributed by atoms with Gasteiger partial charge in [0.15, 0.2) is 0 Å². The van der Waals surface area contributed by atoms with Crippen LogP contribution in [0.5, 0.6) is 0 Å². The molecular formula is C8H14N4O3. The van der Waals surface area contributed by atoms with E-state index < -0.39 is 11.9 Å². The number of primary amides is 1. The highest BCUT2D eigenvalue weighted by Gasteiger charge is 2.21. The number of hydrogen-bond acceptors (Lipinski definition) is 4. The molecule has 1 aliphatic rings. The van der Waals surface area contributed by atoms with Crippen molar-refractivity contribution in [3.63, 3.8) is 0 Å². The van der Waals surface area contributed by atoms with E-state index >= 15 is 0 Å². The van der Waals surface area contributed by atoms with Gasteiger partial charge in [0.2, 0.25) is 11.8 Å². The first-order valence-electron chi connectivity index (χ1n) is 4.70. The van der Waals surface area contributed by atoms with Crippen molar-refractivity contribution in [2.75, 3.05) is 13.1 Å². The van der Waals surface area contributed by atoms with Gasteiger partial charge in [-0.05, 0) is 12.8 Å². The van der Waals surface area contributed by atoms with Gasteiger partial charge in [0.05, 0.1) is 12.6 Å². The van der Waals surface area contributed by atoms with E-state index in [9.17, 15) is 14.4 Å². The Morgan fingerprint density at radius 1 is 1.53 bits per heavy atom. The number of urea groups is 1. The van der Waals surface area contributed by atoms with Crippen molar-refractivity contribution in [1.29, 1.82) is 0 Å². The molecule has 1 unspecified atom stereocenters. The van der Waals surface area contributed by atoms with Crippen LogP contribution in [0.15, 0.2) is 0 Å². The third-order valence-electron chi connectivity index (χ3n) is 2.06. The zero-order valence-corrected chi connectivity index (χ0v) is 8.21. The fourth-order valence-corrected chi connectivity index (χ4v) is 1.36. The number of nitrogens with one attached hydrogen (secondary N) is 3. The van der Waals surface area contributed by atoms with Gasteiger partial charge in [-0.3, -0.25) is 20.2 Å². The third kappa shape index (κ3) is 3.94. The largest absolute Gasteiger partial charge is 0.355 e. The number of nitrogens with two attached hydrogens (primary N) is 1. The van der Waals surface area contributed by atoms with E-state index in [1.54, 1.807) is 0 Å². The molecule has 7 nitrogen and oxygen atoms in total. The highest BCUT2D eigenvalue weighted by atomic mass is 16.2. The highest BCUT2D eigenvalue weighted by Crippen LogP contribution is 2.01. The van der Waals surface area contributed by atoms with Crippen molar-refractivity contribution < 1.29 is 14.4 Å². The van der Waals surface area contributed by atoms with Crippen LogP contribution in [-0.4, -0.2) is 37.0 Å². The molecule has 0 aromatic carbocycles. The quantitative estimate of drug-likeness (QED) is 0.437. The Hall–Kier alpha value is -1.63. The van der Waals surface area contributed by atoms with Crippen molar-refractivity contribution in [3.8, 4) is 0 Å². The summed E-state index contributed by atoms with van der Waals surface area (Å²) in [6.07, 6.45) is 1.57. The summed E-state index contributed by atoms with van der Waals surface area (Å²) in [5, 5.41) is 7.32. The van der Waals surface area contributed by atoms with Crippen LogP contribution in [0.2, 0.25) is 0 Å². The first-order valence-corrected chi connectivity index (χ1v) is 4.70. The second-order valence-corrected chi connectivity index (χ2v) is 3.28. The minimum atomic E-state index is -0.894. The molecule has 1 saturated heterocycles. The van der Waals surface area contributed by atoms with Gasteiger partial charge >= 0.3 is 6.03 Å². The standard InChI is InChI=1S/C8H14N4O3/c9-8(15)12-6(13)4-11-5-2-1-3-10-7(5)14/h5,11H,1-4H2,(H,10,14)(H3,9,12,13,15). The van der Waals surface area contributed by atoms with E-state index in [1.807, 2.05) is 5.32 Å². The van der Waals surface area contributed by atoms with E-state index in [1.165, 1.54) is 0 Å². The van der Waals surface area contributed by atoms with Gasteiger partial charge in [0, 0.05) is 6.54 Å². The molecule has 0 aliphatic carbocycles. The maximum atomic E-state index is 11.2. The van der Waals surface area contributed by atoms with Crippen LogP contribution in [-0.2, 0) is 9.59 Å². The molecular weight excluding hydrogens is 200 g/mol. The van der Waals surface area contributed by atoms with Crippen molar-refractivity contribution in [2.45, 2.75) is 18.9 Å². The van der Waals surface area contributed by atoms with Gasteiger partial charge in [0.25, 0.3) is 0 Å². The lowest BCUT2D eigenvalue weighted by atomic mass is 10.1. The monoisotopic (exact) mass is 214 g/mol. The molecule has 7 heteroatoms. The molecule has 15 heavy (non-hydrogen) atoms. The van der Waals surface area contributed by atoms with Crippen LogP contribution in [0.3, 0.4) is 0 Å². The molecule has 0 spiro atoms. The predicted molar refractivity (Wildman–Crippen MR) is 51.8 cm³/mol. The molecule has 1 rings (SSSR count). The zero-order valence-electron chi connectivity index (χ0n) is 8.21. The molecule has 0 radical (unpaired) electrons. The Morgan fingerprint density at radius 3 is 2.87 bits per heavy atom. The van der Waals surface area contributed by atoms with Gasteiger partial charge in [-0.25, -0.2) is 4.79 Å². The molecule has 0 aromatic rings. The van der Waals surface area contributed by atoms with Gasteiger partial charge in [-0.2, -0.15) is 0 Å². The number of piperidine rings is 1. The van der Waals surface area contributed by atoms with Crippen LogP contribution in [0.25, 0.3) is 0 Å². The normalized spacial score (nSPS) is 20.5. The second kappa shape index (κ2) is 5.30. The minimum Gasteiger partial charge on any atom is -0.355 e. The van der Waals surface area contributed by atoms with Gasteiger partial charge in [0.1, 0.15) is 0 Å².